The van der Waals surface area contributed by atoms with Gasteiger partial charge in [-0.05, 0) is 70.7 Å². The molecule has 12 aromatic carbocycles. The first-order valence-electron chi connectivity index (χ1n) is 34.8. The van der Waals surface area contributed by atoms with Crippen LogP contribution in [0.2, 0.25) is 0 Å². The van der Waals surface area contributed by atoms with Crippen LogP contribution in [0.4, 0.5) is 0 Å². The molecule has 0 aliphatic carbocycles. The number of nitrogens with zero attached hydrogens (tertiary/aromatic N) is 6. The number of hydrogen-bond acceptors (Lipinski definition) is 3. The fraction of sp³-hybridized carbons (Fsp3) is 0. The predicted molar refractivity (Wildman–Crippen MR) is 337 cm³/mol. The largest absolute Gasteiger partial charge is 0.306 e. The third-order valence-corrected chi connectivity index (χ3v) is 16.6. The lowest BCUT2D eigenvalue weighted by Gasteiger charge is -2.27. The first-order chi connectivity index (χ1) is 47.7. The molecule has 0 fully saturated rings. The highest BCUT2D eigenvalue weighted by Crippen LogP contribution is 2.51. The molecular formula is C74H42N6S. The Hall–Kier alpha value is -11.0. The molecule has 0 spiro atoms. The second kappa shape index (κ2) is 17.3. The van der Waals surface area contributed by atoms with Gasteiger partial charge in [0.25, 0.3) is 0 Å². The number of rotatable bonds is 6. The SMILES string of the molecule is [2H]c1c([2H])c([2H])c(-c2c([2H])c([2H])c([2H])c([2H])c2-c2c([2H])c([2H])c3c4c([2H])c([2H])c5c(sc6c([2H])c([2H])c([2H])c([2H])c65)c4n(-c4c(C#N)c(-n5c6ccccc6c6ccccc65)c(-n5c6ccccc6c6ccccc65)c(C#N)c4-n4c5ccccc5c5ccccc54)c3c2[2H])c([2H])c1[2H]. The molecule has 0 aliphatic heterocycles. The lowest BCUT2D eigenvalue weighted by molar-refractivity contribution is 1.03. The van der Waals surface area contributed by atoms with Gasteiger partial charge in [-0.3, -0.25) is 0 Å². The molecular weight excluding hydrogens is 1000 g/mol. The summed E-state index contributed by atoms with van der Waals surface area (Å²) in [5.74, 6) is 0. The molecule has 0 unspecified atom stereocenters. The molecule has 374 valence electrons. The molecule has 0 bridgehead atoms. The van der Waals surface area contributed by atoms with Crippen molar-refractivity contribution in [3.8, 4) is 57.1 Å². The summed E-state index contributed by atoms with van der Waals surface area (Å²) in [6, 6.07) is 36.3. The van der Waals surface area contributed by atoms with E-state index in [2.05, 4.69) is 12.1 Å². The van der Waals surface area contributed by atoms with Crippen LogP contribution in [0, 0.1) is 22.7 Å². The second-order valence-electron chi connectivity index (χ2n) is 19.5. The van der Waals surface area contributed by atoms with E-state index in [-0.39, 0.29) is 70.3 Å². The van der Waals surface area contributed by atoms with E-state index in [1.807, 2.05) is 147 Å². The van der Waals surface area contributed by atoms with Gasteiger partial charge in [0.2, 0.25) is 0 Å². The third-order valence-electron chi connectivity index (χ3n) is 15.5. The summed E-state index contributed by atoms with van der Waals surface area (Å²) in [4.78, 5) is 0. The Balaban J connectivity index is 1.23. The van der Waals surface area contributed by atoms with Crippen LogP contribution in [-0.4, -0.2) is 18.3 Å². The maximum atomic E-state index is 13.2. The number of aromatic nitrogens is 4. The summed E-state index contributed by atoms with van der Waals surface area (Å²) in [5, 5.41) is 29.7. The summed E-state index contributed by atoms with van der Waals surface area (Å²) < 4.78 is 178. The number of benzene rings is 12. The fourth-order valence-electron chi connectivity index (χ4n) is 12.3. The van der Waals surface area contributed by atoms with Crippen molar-refractivity contribution in [2.45, 2.75) is 0 Å². The van der Waals surface area contributed by atoms with E-state index in [1.165, 1.54) is 4.57 Å². The summed E-state index contributed by atoms with van der Waals surface area (Å²) >= 11 is 0.813. The van der Waals surface area contributed by atoms with Gasteiger partial charge in [0.1, 0.15) is 23.3 Å². The van der Waals surface area contributed by atoms with E-state index in [0.717, 1.165) is 32.9 Å². The van der Waals surface area contributed by atoms with E-state index < -0.39 is 137 Å². The van der Waals surface area contributed by atoms with Gasteiger partial charge >= 0.3 is 0 Å². The van der Waals surface area contributed by atoms with Gasteiger partial charge in [0, 0.05) is 58.6 Å². The Kier molecular flexibility index (Phi) is 6.58. The molecule has 5 heterocycles. The molecule has 0 radical (unpaired) electrons. The van der Waals surface area contributed by atoms with Crippen molar-refractivity contribution in [1.82, 2.24) is 18.3 Å². The average Bonchev–Trinajstić information content (AvgIpc) is 1.53. The number of para-hydroxylation sites is 6. The Bertz CT molecular complexity index is 6570. The smallest absolute Gasteiger partial charge is 0.104 e. The molecule has 0 saturated heterocycles. The molecule has 0 aliphatic rings. The molecule has 0 amide bonds. The standard InChI is InChI=1S/C74H42N6S/c75-43-59-69(77-61-31-13-6-24-49(61)50-25-7-14-32-62(50)77)70(78-63-33-15-8-26-51(63)52-27-9-16-34-64(52)78)60(44-76)72(71(59)79-65-35-17-10-28-53(65)54-29-11-18-36-66(54)79)80-67-42-46(48-23-5-4-22-47(48)45-20-2-1-3-21-45)38-39-55(67)57-40-41-58-56-30-12-19-37-68(56)81-74(58)73(57)80/h1-42H/i1D,2D,3D,4D,5D,12D,19D,20D,21D,22D,23D,30D,37D,38D,39D,40D,41D,42D. The lowest BCUT2D eigenvalue weighted by atomic mass is 9.94. The van der Waals surface area contributed by atoms with E-state index in [0.29, 0.717) is 43.9 Å². The van der Waals surface area contributed by atoms with Gasteiger partial charge in [-0.25, -0.2) is 0 Å². The number of fused-ring (bicyclic) bond motifs is 16. The zero-order valence-corrected chi connectivity index (χ0v) is 42.8. The summed E-state index contributed by atoms with van der Waals surface area (Å²) in [7, 11) is 0. The molecule has 17 aromatic rings. The zero-order valence-electron chi connectivity index (χ0n) is 59.9. The van der Waals surface area contributed by atoms with Gasteiger partial charge < -0.3 is 18.3 Å². The van der Waals surface area contributed by atoms with E-state index in [4.69, 9.17) is 8.22 Å². The van der Waals surface area contributed by atoms with E-state index in [9.17, 15) is 27.0 Å². The van der Waals surface area contributed by atoms with Gasteiger partial charge in [0.05, 0.1) is 96.3 Å². The first kappa shape index (κ1) is 30.8. The topological polar surface area (TPSA) is 67.3 Å². The Morgan fingerprint density at radius 1 is 0.321 bits per heavy atom. The quantitative estimate of drug-likeness (QED) is 0.166. The molecule has 7 heteroatoms. The zero-order chi connectivity index (χ0) is 69.1. The van der Waals surface area contributed by atoms with Crippen LogP contribution in [0.3, 0.4) is 0 Å². The minimum absolute atomic E-state index is 0.0158. The average molecular weight is 1070 g/mol. The molecule has 0 saturated carbocycles. The van der Waals surface area contributed by atoms with Gasteiger partial charge in [-0.15, -0.1) is 11.3 Å². The van der Waals surface area contributed by atoms with Gasteiger partial charge in [0.15, 0.2) is 0 Å². The Labute approximate surface area is 493 Å². The molecule has 5 aromatic heterocycles. The van der Waals surface area contributed by atoms with Crippen LogP contribution in [0.25, 0.3) is 152 Å². The maximum Gasteiger partial charge on any atom is 0.104 e. The molecule has 6 nitrogen and oxygen atoms in total. The Morgan fingerprint density at radius 2 is 0.704 bits per heavy atom. The minimum Gasteiger partial charge on any atom is -0.306 e. The lowest BCUT2D eigenvalue weighted by Crippen LogP contribution is -2.16. The highest BCUT2D eigenvalue weighted by atomic mass is 32.1. The van der Waals surface area contributed by atoms with E-state index in [1.54, 1.807) is 12.1 Å². The number of thiophene rings is 1. The van der Waals surface area contributed by atoms with Gasteiger partial charge in [-0.2, -0.15) is 10.5 Å². The van der Waals surface area contributed by atoms with Crippen LogP contribution < -0.4 is 0 Å². The fourth-order valence-corrected chi connectivity index (χ4v) is 13.4. The van der Waals surface area contributed by atoms with Gasteiger partial charge in [-0.1, -0.05) is 206 Å². The number of nitriles is 2. The van der Waals surface area contributed by atoms with Crippen LogP contribution >= 0.6 is 11.3 Å². The highest BCUT2D eigenvalue weighted by Gasteiger charge is 2.35. The van der Waals surface area contributed by atoms with Crippen molar-refractivity contribution in [3.05, 3.63) is 265 Å². The van der Waals surface area contributed by atoms with Crippen molar-refractivity contribution >= 4 is 119 Å². The van der Waals surface area contributed by atoms with Crippen molar-refractivity contribution in [3.63, 3.8) is 0 Å². The van der Waals surface area contributed by atoms with E-state index >= 15 is 0 Å². The summed E-state index contributed by atoms with van der Waals surface area (Å²) in [5.41, 5.74) is -0.421. The molecule has 0 N–H and O–H groups in total. The second-order valence-corrected chi connectivity index (χ2v) is 20.5. The summed E-state index contributed by atoms with van der Waals surface area (Å²) in [6.07, 6.45) is 0. The normalized spacial score (nSPS) is 15.0. The molecule has 81 heavy (non-hydrogen) atoms. The molecule has 17 rings (SSSR count). The van der Waals surface area contributed by atoms with Crippen LogP contribution in [0.5, 0.6) is 0 Å². The first-order valence-corrected chi connectivity index (χ1v) is 26.6. The van der Waals surface area contributed by atoms with Crippen LogP contribution in [0.15, 0.2) is 254 Å². The molecule has 0 atom stereocenters. The van der Waals surface area contributed by atoms with Crippen molar-refractivity contribution in [2.75, 3.05) is 0 Å². The van der Waals surface area contributed by atoms with Crippen LogP contribution in [0.1, 0.15) is 35.8 Å². The highest BCUT2D eigenvalue weighted by molar-refractivity contribution is 7.26. The monoisotopic (exact) mass is 1060 g/mol. The number of hydrogen-bond donors (Lipinski definition) is 0. The summed E-state index contributed by atoms with van der Waals surface area (Å²) in [6.45, 7) is 0. The maximum absolute atomic E-state index is 13.2. The third kappa shape index (κ3) is 6.24. The predicted octanol–water partition coefficient (Wildman–Crippen LogP) is 19.5. The van der Waals surface area contributed by atoms with Crippen molar-refractivity contribution in [2.24, 2.45) is 0 Å². The minimum atomic E-state index is -0.939. The van der Waals surface area contributed by atoms with Crippen molar-refractivity contribution < 1.29 is 24.7 Å². The van der Waals surface area contributed by atoms with Crippen molar-refractivity contribution in [1.29, 1.82) is 10.5 Å². The Morgan fingerprint density at radius 3 is 1.17 bits per heavy atom. The van der Waals surface area contributed by atoms with Crippen LogP contribution in [-0.2, 0) is 0 Å².